The molecule has 4 heteroatoms. The lowest BCUT2D eigenvalue weighted by Gasteiger charge is -2.05. The number of Topliss-reactive ketones (excluding diaryl/α,β-unsaturated/α-hetero) is 1. The Labute approximate surface area is 95.8 Å². The van der Waals surface area contributed by atoms with Gasteiger partial charge in [-0.2, -0.15) is 5.26 Å². The van der Waals surface area contributed by atoms with E-state index in [-0.39, 0.29) is 11.3 Å². The van der Waals surface area contributed by atoms with Gasteiger partial charge in [-0.1, -0.05) is 22.9 Å². The van der Waals surface area contributed by atoms with Crippen LogP contribution in [0.3, 0.4) is 0 Å². The SMILES string of the molecule is CCC(C#N)C(=O)c1cc(F)cc(Br)c1. The Bertz CT molecular complexity index is 405. The Kier molecular flexibility index (Phi) is 3.98. The number of carbonyl (C=O) groups is 1. The van der Waals surface area contributed by atoms with Gasteiger partial charge in [0, 0.05) is 10.0 Å². The molecule has 0 radical (unpaired) electrons. The molecule has 0 N–H and O–H groups in total. The molecular formula is C11H9BrFNO. The molecule has 2 nitrogen and oxygen atoms in total. The summed E-state index contributed by atoms with van der Waals surface area (Å²) in [5, 5.41) is 8.72. The first kappa shape index (κ1) is 11.9. The van der Waals surface area contributed by atoms with Crippen molar-refractivity contribution in [2.75, 3.05) is 0 Å². The Morgan fingerprint density at radius 2 is 2.27 bits per heavy atom. The van der Waals surface area contributed by atoms with Crippen molar-refractivity contribution in [3.05, 3.63) is 34.1 Å². The third kappa shape index (κ3) is 2.87. The maximum atomic E-state index is 13.0. The van der Waals surface area contributed by atoms with Gasteiger partial charge in [0.1, 0.15) is 11.7 Å². The maximum absolute atomic E-state index is 13.0. The van der Waals surface area contributed by atoms with Gasteiger partial charge in [0.05, 0.1) is 6.07 Å². The fourth-order valence-electron chi connectivity index (χ4n) is 1.23. The minimum absolute atomic E-state index is 0.232. The second-order valence-corrected chi connectivity index (χ2v) is 4.03. The minimum atomic E-state index is -0.696. The molecule has 15 heavy (non-hydrogen) atoms. The van der Waals surface area contributed by atoms with E-state index in [1.54, 1.807) is 6.92 Å². The Morgan fingerprint density at radius 1 is 1.60 bits per heavy atom. The number of nitrogens with zero attached hydrogens (tertiary/aromatic N) is 1. The molecule has 0 bridgehead atoms. The molecule has 0 amide bonds. The third-order valence-electron chi connectivity index (χ3n) is 2.03. The van der Waals surface area contributed by atoms with Crippen molar-refractivity contribution in [1.29, 1.82) is 5.26 Å². The van der Waals surface area contributed by atoms with Gasteiger partial charge >= 0.3 is 0 Å². The van der Waals surface area contributed by atoms with E-state index in [4.69, 9.17) is 5.26 Å². The molecule has 0 saturated heterocycles. The molecular weight excluding hydrogens is 261 g/mol. The number of hydrogen-bond donors (Lipinski definition) is 0. The van der Waals surface area contributed by atoms with Gasteiger partial charge in [-0.15, -0.1) is 0 Å². The highest BCUT2D eigenvalue weighted by molar-refractivity contribution is 9.10. The molecule has 0 saturated carbocycles. The Hall–Kier alpha value is -1.21. The number of hydrogen-bond acceptors (Lipinski definition) is 2. The molecule has 1 aromatic rings. The van der Waals surface area contributed by atoms with E-state index in [1.165, 1.54) is 12.1 Å². The predicted octanol–water partition coefficient (Wildman–Crippen LogP) is 3.32. The number of nitriles is 1. The van der Waals surface area contributed by atoms with Gasteiger partial charge in [0.2, 0.25) is 0 Å². The summed E-state index contributed by atoms with van der Waals surface area (Å²) < 4.78 is 13.5. The number of halogens is 2. The van der Waals surface area contributed by atoms with E-state index in [9.17, 15) is 9.18 Å². The van der Waals surface area contributed by atoms with Gasteiger partial charge in [0.25, 0.3) is 0 Å². The zero-order valence-corrected chi connectivity index (χ0v) is 9.71. The van der Waals surface area contributed by atoms with E-state index in [0.717, 1.165) is 6.07 Å². The molecule has 0 aliphatic heterocycles. The summed E-state index contributed by atoms with van der Waals surface area (Å²) in [5.74, 6) is -1.51. The van der Waals surface area contributed by atoms with Crippen molar-refractivity contribution in [2.24, 2.45) is 5.92 Å². The standard InChI is InChI=1S/C11H9BrFNO/c1-2-7(6-14)11(15)8-3-9(12)5-10(13)4-8/h3-5,7H,2H2,1H3. The van der Waals surface area contributed by atoms with Crippen LogP contribution in [0.4, 0.5) is 4.39 Å². The van der Waals surface area contributed by atoms with Gasteiger partial charge in [0.15, 0.2) is 5.78 Å². The lowest BCUT2D eigenvalue weighted by Crippen LogP contribution is -2.12. The summed E-state index contributed by atoms with van der Waals surface area (Å²) in [7, 11) is 0. The van der Waals surface area contributed by atoms with Crippen LogP contribution in [0.2, 0.25) is 0 Å². The first-order valence-electron chi connectivity index (χ1n) is 4.48. The van der Waals surface area contributed by atoms with Crippen molar-refractivity contribution < 1.29 is 9.18 Å². The van der Waals surface area contributed by atoms with E-state index < -0.39 is 11.7 Å². The lowest BCUT2D eigenvalue weighted by molar-refractivity contribution is 0.0946. The Balaban J connectivity index is 3.06. The first-order chi connectivity index (χ1) is 7.08. The number of ketones is 1. The monoisotopic (exact) mass is 269 g/mol. The quantitative estimate of drug-likeness (QED) is 0.790. The summed E-state index contributed by atoms with van der Waals surface area (Å²) >= 11 is 3.10. The van der Waals surface area contributed by atoms with Crippen molar-refractivity contribution in [2.45, 2.75) is 13.3 Å². The summed E-state index contributed by atoms with van der Waals surface area (Å²) in [6.45, 7) is 1.75. The average molecular weight is 270 g/mol. The van der Waals surface area contributed by atoms with Gasteiger partial charge in [-0.05, 0) is 24.6 Å². The van der Waals surface area contributed by atoms with Gasteiger partial charge < -0.3 is 0 Å². The third-order valence-corrected chi connectivity index (χ3v) is 2.49. The fourth-order valence-corrected chi connectivity index (χ4v) is 1.70. The van der Waals surface area contributed by atoms with Crippen LogP contribution in [0.15, 0.2) is 22.7 Å². The van der Waals surface area contributed by atoms with Crippen LogP contribution in [0.25, 0.3) is 0 Å². The van der Waals surface area contributed by atoms with Crippen LogP contribution in [0.1, 0.15) is 23.7 Å². The van der Waals surface area contributed by atoms with Crippen molar-refractivity contribution >= 4 is 21.7 Å². The van der Waals surface area contributed by atoms with Crippen molar-refractivity contribution in [1.82, 2.24) is 0 Å². The first-order valence-corrected chi connectivity index (χ1v) is 5.27. The highest BCUT2D eigenvalue weighted by Crippen LogP contribution is 2.18. The van der Waals surface area contributed by atoms with Crippen molar-refractivity contribution in [3.8, 4) is 6.07 Å². The maximum Gasteiger partial charge on any atom is 0.180 e. The molecule has 0 aromatic heterocycles. The summed E-state index contributed by atoms with van der Waals surface area (Å²) in [4.78, 5) is 11.7. The summed E-state index contributed by atoms with van der Waals surface area (Å²) in [5.41, 5.74) is 0.232. The minimum Gasteiger partial charge on any atom is -0.293 e. The molecule has 1 aromatic carbocycles. The fraction of sp³-hybridized carbons (Fsp3) is 0.273. The van der Waals surface area contributed by atoms with Crippen molar-refractivity contribution in [3.63, 3.8) is 0 Å². The van der Waals surface area contributed by atoms with Crippen LogP contribution < -0.4 is 0 Å². The lowest BCUT2D eigenvalue weighted by atomic mass is 9.97. The predicted molar refractivity (Wildman–Crippen MR) is 57.8 cm³/mol. The average Bonchev–Trinajstić information content (AvgIpc) is 2.18. The van der Waals surface area contributed by atoms with Crippen LogP contribution in [0.5, 0.6) is 0 Å². The topological polar surface area (TPSA) is 40.9 Å². The van der Waals surface area contributed by atoms with E-state index >= 15 is 0 Å². The molecule has 0 aliphatic rings. The zero-order valence-electron chi connectivity index (χ0n) is 8.13. The van der Waals surface area contributed by atoms with Crippen LogP contribution in [-0.2, 0) is 0 Å². The zero-order chi connectivity index (χ0) is 11.4. The Morgan fingerprint density at radius 3 is 2.73 bits per heavy atom. The number of benzene rings is 1. The highest BCUT2D eigenvalue weighted by atomic mass is 79.9. The molecule has 0 fully saturated rings. The number of rotatable bonds is 3. The molecule has 1 unspecified atom stereocenters. The van der Waals surface area contributed by atoms with Crippen LogP contribution in [-0.4, -0.2) is 5.78 Å². The molecule has 0 heterocycles. The normalized spacial score (nSPS) is 11.9. The second-order valence-electron chi connectivity index (χ2n) is 3.11. The molecule has 1 atom stereocenters. The summed E-state index contributed by atoms with van der Waals surface area (Å²) in [6, 6.07) is 5.83. The second kappa shape index (κ2) is 5.04. The molecule has 0 spiro atoms. The van der Waals surface area contributed by atoms with Gasteiger partial charge in [-0.3, -0.25) is 4.79 Å². The largest absolute Gasteiger partial charge is 0.293 e. The molecule has 0 aliphatic carbocycles. The molecule has 1 rings (SSSR count). The van der Waals surface area contributed by atoms with Crippen LogP contribution >= 0.6 is 15.9 Å². The summed E-state index contributed by atoms with van der Waals surface area (Å²) in [6.07, 6.45) is 0.434. The molecule has 78 valence electrons. The smallest absolute Gasteiger partial charge is 0.180 e. The number of carbonyl (C=O) groups excluding carboxylic acids is 1. The van der Waals surface area contributed by atoms with Gasteiger partial charge in [-0.25, -0.2) is 4.39 Å². The van der Waals surface area contributed by atoms with E-state index in [2.05, 4.69) is 15.9 Å². The van der Waals surface area contributed by atoms with E-state index in [1.807, 2.05) is 6.07 Å². The highest BCUT2D eigenvalue weighted by Gasteiger charge is 2.18. The van der Waals surface area contributed by atoms with E-state index in [0.29, 0.717) is 10.9 Å². The van der Waals surface area contributed by atoms with Crippen LogP contribution in [0, 0.1) is 23.1 Å².